The van der Waals surface area contributed by atoms with E-state index in [2.05, 4.69) is 61.1 Å². The number of aryl methyl sites for hydroxylation is 1. The van der Waals surface area contributed by atoms with Gasteiger partial charge in [-0.1, -0.05) is 17.7 Å². The molecule has 0 unspecified atom stereocenters. The normalized spacial score (nSPS) is 22.6. The van der Waals surface area contributed by atoms with Gasteiger partial charge < -0.3 is 10.2 Å². The Balaban J connectivity index is 1.79. The van der Waals surface area contributed by atoms with Gasteiger partial charge in [0.05, 0.1) is 0 Å². The molecule has 3 nitrogen and oxygen atoms in total. The van der Waals surface area contributed by atoms with Crippen LogP contribution in [0.2, 0.25) is 0 Å². The molecule has 0 aromatic heterocycles. The zero-order chi connectivity index (χ0) is 15.0. The van der Waals surface area contributed by atoms with E-state index >= 15 is 0 Å². The third-order valence-electron chi connectivity index (χ3n) is 5.05. The van der Waals surface area contributed by atoms with Crippen LogP contribution in [0.3, 0.4) is 0 Å². The molecule has 1 aromatic rings. The van der Waals surface area contributed by atoms with Crippen LogP contribution < -0.4 is 10.2 Å². The molecule has 0 amide bonds. The fraction of sp³-hybridized carbons (Fsp3) is 0.667. The largest absolute Gasteiger partial charge is 0.368 e. The lowest BCUT2D eigenvalue weighted by atomic mass is 9.98. The van der Waals surface area contributed by atoms with Crippen LogP contribution >= 0.6 is 0 Å². The van der Waals surface area contributed by atoms with Crippen LogP contribution in [0.1, 0.15) is 37.8 Å². The molecule has 21 heavy (non-hydrogen) atoms. The third-order valence-corrected chi connectivity index (χ3v) is 5.05. The van der Waals surface area contributed by atoms with Gasteiger partial charge in [-0.3, -0.25) is 4.90 Å². The predicted octanol–water partition coefficient (Wildman–Crippen LogP) is 2.78. The van der Waals surface area contributed by atoms with Crippen LogP contribution in [0.25, 0.3) is 0 Å². The van der Waals surface area contributed by atoms with Crippen molar-refractivity contribution in [2.75, 3.05) is 31.6 Å². The smallest absolute Gasteiger partial charge is 0.0413 e. The Morgan fingerprint density at radius 3 is 2.67 bits per heavy atom. The average Bonchev–Trinajstić information content (AvgIpc) is 3.24. The van der Waals surface area contributed by atoms with Crippen LogP contribution in [0, 0.1) is 6.92 Å². The van der Waals surface area contributed by atoms with Crippen molar-refractivity contribution < 1.29 is 0 Å². The molecule has 2 aliphatic rings. The highest BCUT2D eigenvalue weighted by Crippen LogP contribution is 2.29. The summed E-state index contributed by atoms with van der Waals surface area (Å²) in [6.07, 6.45) is 2.70. The van der Waals surface area contributed by atoms with E-state index in [0.717, 1.165) is 32.2 Å². The van der Waals surface area contributed by atoms with Gasteiger partial charge >= 0.3 is 0 Å². The van der Waals surface area contributed by atoms with Gasteiger partial charge in [-0.15, -0.1) is 0 Å². The molecular formula is C18H29N3. The molecule has 3 rings (SSSR count). The van der Waals surface area contributed by atoms with E-state index in [1.54, 1.807) is 0 Å². The average molecular weight is 287 g/mol. The van der Waals surface area contributed by atoms with Crippen LogP contribution in [-0.2, 0) is 6.54 Å². The van der Waals surface area contributed by atoms with E-state index in [1.165, 1.54) is 29.7 Å². The summed E-state index contributed by atoms with van der Waals surface area (Å²) in [5, 5.41) is 3.67. The topological polar surface area (TPSA) is 18.5 Å². The molecule has 1 aliphatic carbocycles. The third kappa shape index (κ3) is 3.41. The lowest BCUT2D eigenvalue weighted by molar-refractivity contribution is 0.139. The lowest BCUT2D eigenvalue weighted by Crippen LogP contribution is -2.57. The maximum Gasteiger partial charge on any atom is 0.0413 e. The number of benzene rings is 1. The summed E-state index contributed by atoms with van der Waals surface area (Å²) < 4.78 is 0. The molecule has 0 spiro atoms. The summed E-state index contributed by atoms with van der Waals surface area (Å²) >= 11 is 0. The number of piperazine rings is 1. The molecule has 116 valence electrons. The van der Waals surface area contributed by atoms with E-state index in [0.29, 0.717) is 0 Å². The van der Waals surface area contributed by atoms with Crippen molar-refractivity contribution in [3.05, 3.63) is 29.3 Å². The second-order valence-electron chi connectivity index (χ2n) is 7.44. The lowest BCUT2D eigenvalue weighted by Gasteiger charge is -2.46. The molecule has 1 N–H and O–H groups in total. The minimum absolute atomic E-state index is 0.240. The highest BCUT2D eigenvalue weighted by Gasteiger charge is 2.32. The van der Waals surface area contributed by atoms with Gasteiger partial charge in [0.15, 0.2) is 0 Å². The van der Waals surface area contributed by atoms with Gasteiger partial charge in [0.2, 0.25) is 0 Å². The van der Waals surface area contributed by atoms with Crippen molar-refractivity contribution >= 4 is 5.69 Å². The van der Waals surface area contributed by atoms with Gasteiger partial charge in [-0.25, -0.2) is 0 Å². The number of nitrogens with one attached hydrogen (secondary N) is 1. The first kappa shape index (κ1) is 14.9. The molecule has 3 heteroatoms. The van der Waals surface area contributed by atoms with E-state index < -0.39 is 0 Å². The summed E-state index contributed by atoms with van der Waals surface area (Å²) in [6.45, 7) is 11.2. The summed E-state index contributed by atoms with van der Waals surface area (Å²) in [5.41, 5.74) is 4.49. The SMILES string of the molecule is Cc1ccc(N2CCN(C)C(C)(C)C2)c(CNC2CC2)c1. The Morgan fingerprint density at radius 1 is 1.24 bits per heavy atom. The highest BCUT2D eigenvalue weighted by atomic mass is 15.3. The molecule has 0 atom stereocenters. The van der Waals surface area contributed by atoms with Gasteiger partial charge in [0.25, 0.3) is 0 Å². The molecule has 1 aliphatic heterocycles. The van der Waals surface area contributed by atoms with Crippen molar-refractivity contribution in [2.45, 2.75) is 51.7 Å². The van der Waals surface area contributed by atoms with E-state index in [4.69, 9.17) is 0 Å². The molecule has 0 bridgehead atoms. The molecule has 1 saturated carbocycles. The van der Waals surface area contributed by atoms with E-state index in [9.17, 15) is 0 Å². The quantitative estimate of drug-likeness (QED) is 0.918. The van der Waals surface area contributed by atoms with Gasteiger partial charge in [0, 0.05) is 43.4 Å². The van der Waals surface area contributed by atoms with Gasteiger partial charge in [-0.05, 0) is 52.3 Å². The molecule has 1 heterocycles. The van der Waals surface area contributed by atoms with Crippen molar-refractivity contribution in [1.29, 1.82) is 0 Å². The predicted molar refractivity (Wildman–Crippen MR) is 90.0 cm³/mol. The van der Waals surface area contributed by atoms with Crippen molar-refractivity contribution in [3.8, 4) is 0 Å². The van der Waals surface area contributed by atoms with Crippen molar-refractivity contribution in [2.24, 2.45) is 0 Å². The second kappa shape index (κ2) is 5.62. The van der Waals surface area contributed by atoms with Crippen molar-refractivity contribution in [1.82, 2.24) is 10.2 Å². The van der Waals surface area contributed by atoms with E-state index in [-0.39, 0.29) is 5.54 Å². The fourth-order valence-electron chi connectivity index (χ4n) is 3.15. The first-order valence-corrected chi connectivity index (χ1v) is 8.25. The minimum Gasteiger partial charge on any atom is -0.368 e. The number of anilines is 1. The number of hydrogen-bond acceptors (Lipinski definition) is 3. The summed E-state index contributed by atoms with van der Waals surface area (Å²) in [4.78, 5) is 5.04. The van der Waals surface area contributed by atoms with Crippen LogP contribution in [-0.4, -0.2) is 43.2 Å². The van der Waals surface area contributed by atoms with Gasteiger partial charge in [-0.2, -0.15) is 0 Å². The number of likely N-dealkylation sites (N-methyl/N-ethyl adjacent to an activating group) is 1. The number of hydrogen-bond donors (Lipinski definition) is 1. The van der Waals surface area contributed by atoms with E-state index in [1.807, 2.05) is 0 Å². The highest BCUT2D eigenvalue weighted by molar-refractivity contribution is 5.56. The maximum absolute atomic E-state index is 3.67. The second-order valence-corrected chi connectivity index (χ2v) is 7.44. The Bertz CT molecular complexity index is 505. The molecular weight excluding hydrogens is 258 g/mol. The monoisotopic (exact) mass is 287 g/mol. The summed E-state index contributed by atoms with van der Waals surface area (Å²) in [7, 11) is 2.24. The molecule has 0 radical (unpaired) electrons. The molecule has 1 aromatic carbocycles. The molecule has 2 fully saturated rings. The van der Waals surface area contributed by atoms with Crippen LogP contribution in [0.15, 0.2) is 18.2 Å². The standard InChI is InChI=1S/C18H29N3/c1-14-5-8-17(15(11-14)12-19-16-6-7-16)21-10-9-20(4)18(2,3)13-21/h5,8,11,16,19H,6-7,9-10,12-13H2,1-4H3. The summed E-state index contributed by atoms with van der Waals surface area (Å²) in [6, 6.07) is 7.69. The van der Waals surface area contributed by atoms with Gasteiger partial charge in [0.1, 0.15) is 0 Å². The zero-order valence-electron chi connectivity index (χ0n) is 13.9. The number of nitrogens with zero attached hydrogens (tertiary/aromatic N) is 2. The first-order chi connectivity index (χ1) is 9.95. The fourth-order valence-corrected chi connectivity index (χ4v) is 3.15. The Kier molecular flexibility index (Phi) is 3.98. The van der Waals surface area contributed by atoms with Crippen LogP contribution in [0.4, 0.5) is 5.69 Å². The Labute approximate surface area is 129 Å². The van der Waals surface area contributed by atoms with Crippen LogP contribution in [0.5, 0.6) is 0 Å². The summed E-state index contributed by atoms with van der Waals surface area (Å²) in [5.74, 6) is 0. The Hall–Kier alpha value is -1.06. The van der Waals surface area contributed by atoms with Crippen molar-refractivity contribution in [3.63, 3.8) is 0 Å². The Morgan fingerprint density at radius 2 is 2.00 bits per heavy atom. The maximum atomic E-state index is 3.67. The minimum atomic E-state index is 0.240. The first-order valence-electron chi connectivity index (χ1n) is 8.25. The number of rotatable bonds is 4. The molecule has 1 saturated heterocycles. The zero-order valence-corrected chi connectivity index (χ0v) is 13.9.